The molecule has 0 aromatic heterocycles. The van der Waals surface area contributed by atoms with Gasteiger partial charge >= 0.3 is 0 Å². The summed E-state index contributed by atoms with van der Waals surface area (Å²) in [5, 5.41) is 9.77. The van der Waals surface area contributed by atoms with Gasteiger partial charge in [-0.2, -0.15) is 0 Å². The summed E-state index contributed by atoms with van der Waals surface area (Å²) in [6, 6.07) is 7.05. The molecule has 104 valence electrons. The van der Waals surface area contributed by atoms with Crippen molar-refractivity contribution in [1.82, 2.24) is 4.90 Å². The van der Waals surface area contributed by atoms with Crippen LogP contribution in [-0.4, -0.2) is 41.2 Å². The molecule has 0 bridgehead atoms. The number of aromatic hydroxyl groups is 1. The number of ether oxygens (including phenoxy) is 1. The Morgan fingerprint density at radius 3 is 2.89 bits per heavy atom. The molecule has 1 aliphatic rings. The minimum atomic E-state index is -0.396. The van der Waals surface area contributed by atoms with Crippen molar-refractivity contribution in [2.24, 2.45) is 5.73 Å². The highest BCUT2D eigenvalue weighted by atomic mass is 16.5. The van der Waals surface area contributed by atoms with E-state index in [0.717, 1.165) is 5.56 Å². The van der Waals surface area contributed by atoms with Gasteiger partial charge in [-0.05, 0) is 26.0 Å². The number of hydrogen-bond donors (Lipinski definition) is 2. The molecule has 0 spiro atoms. The van der Waals surface area contributed by atoms with Crippen LogP contribution in [0.2, 0.25) is 0 Å². The highest BCUT2D eigenvalue weighted by molar-refractivity contribution is 5.78. The Labute approximate surface area is 113 Å². The van der Waals surface area contributed by atoms with Gasteiger partial charge in [0.2, 0.25) is 5.91 Å². The lowest BCUT2D eigenvalue weighted by Gasteiger charge is -2.40. The third kappa shape index (κ3) is 3.24. The molecule has 1 amide bonds. The summed E-state index contributed by atoms with van der Waals surface area (Å²) in [4.78, 5) is 13.6. The molecule has 5 heteroatoms. The Morgan fingerprint density at radius 1 is 1.47 bits per heavy atom. The van der Waals surface area contributed by atoms with Crippen LogP contribution in [0.4, 0.5) is 0 Å². The molecule has 0 radical (unpaired) electrons. The fraction of sp³-hybridized carbons (Fsp3) is 0.500. The van der Waals surface area contributed by atoms with E-state index in [2.05, 4.69) is 0 Å². The number of phenols is 1. The van der Waals surface area contributed by atoms with E-state index < -0.39 is 5.60 Å². The summed E-state index contributed by atoms with van der Waals surface area (Å²) >= 11 is 0. The minimum Gasteiger partial charge on any atom is -0.508 e. The average molecular weight is 264 g/mol. The molecule has 1 aromatic rings. The maximum atomic E-state index is 11.9. The summed E-state index contributed by atoms with van der Waals surface area (Å²) in [6.07, 6.45) is 0.706. The van der Waals surface area contributed by atoms with Crippen molar-refractivity contribution in [1.29, 1.82) is 0 Å². The zero-order chi connectivity index (χ0) is 13.9. The second-order valence-electron chi connectivity index (χ2n) is 5.16. The number of benzene rings is 1. The van der Waals surface area contributed by atoms with Crippen molar-refractivity contribution in [3.8, 4) is 5.75 Å². The lowest BCUT2D eigenvalue weighted by Crippen LogP contribution is -2.53. The normalized spacial score (nSPS) is 23.7. The topological polar surface area (TPSA) is 75.8 Å². The zero-order valence-corrected chi connectivity index (χ0v) is 11.1. The van der Waals surface area contributed by atoms with Crippen LogP contribution in [0.15, 0.2) is 24.3 Å². The van der Waals surface area contributed by atoms with E-state index in [9.17, 15) is 9.90 Å². The number of rotatable bonds is 4. The molecule has 1 fully saturated rings. The molecule has 1 saturated heterocycles. The highest BCUT2D eigenvalue weighted by Crippen LogP contribution is 2.25. The van der Waals surface area contributed by atoms with Gasteiger partial charge in [-0.25, -0.2) is 0 Å². The molecule has 1 aliphatic heterocycles. The highest BCUT2D eigenvalue weighted by Gasteiger charge is 2.35. The zero-order valence-electron chi connectivity index (χ0n) is 11.1. The van der Waals surface area contributed by atoms with Gasteiger partial charge in [0.25, 0.3) is 0 Å². The lowest BCUT2D eigenvalue weighted by molar-refractivity contribution is -0.162. The van der Waals surface area contributed by atoms with Crippen LogP contribution in [0.3, 0.4) is 0 Å². The summed E-state index contributed by atoms with van der Waals surface area (Å²) in [5.41, 5.74) is 5.93. The number of nitrogens with zero attached hydrogens (tertiary/aromatic N) is 1. The first kappa shape index (κ1) is 13.8. The fourth-order valence-corrected chi connectivity index (χ4v) is 2.32. The Morgan fingerprint density at radius 2 is 2.21 bits per heavy atom. The van der Waals surface area contributed by atoms with E-state index in [1.807, 2.05) is 19.1 Å². The molecule has 0 aliphatic carbocycles. The molecule has 1 heterocycles. The number of carbonyl (C=O) groups is 1. The standard InChI is InChI=1S/C14H20N2O3/c1-14(6-7-15)10-16(13(18)9-19-14)8-11-4-2-3-5-12(11)17/h2-5,17H,6-10,15H2,1H3. The monoisotopic (exact) mass is 264 g/mol. The summed E-state index contributed by atoms with van der Waals surface area (Å²) in [6.45, 7) is 3.45. The van der Waals surface area contributed by atoms with E-state index in [0.29, 0.717) is 26.1 Å². The van der Waals surface area contributed by atoms with Crippen LogP contribution < -0.4 is 5.73 Å². The molecule has 3 N–H and O–H groups in total. The van der Waals surface area contributed by atoms with Crippen LogP contribution in [0.5, 0.6) is 5.75 Å². The number of morpholine rings is 1. The molecule has 19 heavy (non-hydrogen) atoms. The largest absolute Gasteiger partial charge is 0.508 e. The maximum Gasteiger partial charge on any atom is 0.249 e. The smallest absolute Gasteiger partial charge is 0.249 e. The van der Waals surface area contributed by atoms with Crippen LogP contribution >= 0.6 is 0 Å². The van der Waals surface area contributed by atoms with Crippen molar-refractivity contribution >= 4 is 5.91 Å². The average Bonchev–Trinajstić information content (AvgIpc) is 2.37. The van der Waals surface area contributed by atoms with E-state index in [4.69, 9.17) is 10.5 Å². The van der Waals surface area contributed by atoms with Crippen molar-refractivity contribution in [3.05, 3.63) is 29.8 Å². The van der Waals surface area contributed by atoms with Gasteiger partial charge in [0.15, 0.2) is 0 Å². The van der Waals surface area contributed by atoms with Gasteiger partial charge in [0, 0.05) is 18.7 Å². The first-order valence-corrected chi connectivity index (χ1v) is 6.43. The molecule has 5 nitrogen and oxygen atoms in total. The molecule has 1 aromatic carbocycles. The Hall–Kier alpha value is -1.59. The second-order valence-corrected chi connectivity index (χ2v) is 5.16. The van der Waals surface area contributed by atoms with Crippen molar-refractivity contribution in [3.63, 3.8) is 0 Å². The van der Waals surface area contributed by atoms with Gasteiger partial charge in [-0.3, -0.25) is 4.79 Å². The number of phenolic OH excluding ortho intramolecular Hbond substituents is 1. The number of para-hydroxylation sites is 1. The van der Waals surface area contributed by atoms with Gasteiger partial charge in [0.1, 0.15) is 12.4 Å². The van der Waals surface area contributed by atoms with Gasteiger partial charge < -0.3 is 20.5 Å². The molecular formula is C14H20N2O3. The van der Waals surface area contributed by atoms with Crippen LogP contribution in [0.25, 0.3) is 0 Å². The van der Waals surface area contributed by atoms with Gasteiger partial charge in [-0.15, -0.1) is 0 Å². The molecule has 1 unspecified atom stereocenters. The van der Waals surface area contributed by atoms with E-state index >= 15 is 0 Å². The number of nitrogens with two attached hydrogens (primary N) is 1. The van der Waals surface area contributed by atoms with Gasteiger partial charge in [0.05, 0.1) is 5.60 Å². The number of hydrogen-bond acceptors (Lipinski definition) is 4. The van der Waals surface area contributed by atoms with Crippen LogP contribution in [0.1, 0.15) is 18.9 Å². The minimum absolute atomic E-state index is 0.0576. The van der Waals surface area contributed by atoms with Crippen LogP contribution in [-0.2, 0) is 16.1 Å². The second kappa shape index (κ2) is 5.59. The van der Waals surface area contributed by atoms with Crippen molar-refractivity contribution in [2.75, 3.05) is 19.7 Å². The predicted molar refractivity (Wildman–Crippen MR) is 71.6 cm³/mol. The lowest BCUT2D eigenvalue weighted by atomic mass is 9.99. The maximum absolute atomic E-state index is 11.9. The molecule has 0 saturated carbocycles. The van der Waals surface area contributed by atoms with E-state index in [1.54, 1.807) is 17.0 Å². The third-order valence-electron chi connectivity index (χ3n) is 3.45. The van der Waals surface area contributed by atoms with Crippen molar-refractivity contribution in [2.45, 2.75) is 25.5 Å². The Kier molecular flexibility index (Phi) is 4.07. The SMILES string of the molecule is CC1(CCN)CN(Cc2ccccc2O)C(=O)CO1. The van der Waals surface area contributed by atoms with Crippen molar-refractivity contribution < 1.29 is 14.6 Å². The van der Waals surface area contributed by atoms with Gasteiger partial charge in [-0.1, -0.05) is 18.2 Å². The van der Waals surface area contributed by atoms with E-state index in [1.165, 1.54) is 0 Å². The summed E-state index contributed by atoms with van der Waals surface area (Å²) in [5.74, 6) is 0.153. The van der Waals surface area contributed by atoms with Crippen LogP contribution in [0, 0.1) is 0 Å². The third-order valence-corrected chi connectivity index (χ3v) is 3.45. The Bertz CT molecular complexity index is 464. The summed E-state index contributed by atoms with van der Waals surface area (Å²) < 4.78 is 5.58. The number of carbonyl (C=O) groups excluding carboxylic acids is 1. The fourth-order valence-electron chi connectivity index (χ4n) is 2.32. The summed E-state index contributed by atoms with van der Waals surface area (Å²) in [7, 11) is 0. The van der Waals surface area contributed by atoms with E-state index in [-0.39, 0.29) is 18.3 Å². The quantitative estimate of drug-likeness (QED) is 0.845. The first-order chi connectivity index (χ1) is 9.04. The number of amides is 1. The first-order valence-electron chi connectivity index (χ1n) is 6.43. The molecule has 1 atom stereocenters. The molecular weight excluding hydrogens is 244 g/mol. The molecule has 2 rings (SSSR count). The predicted octanol–water partition coefficient (Wildman–Crippen LogP) is 0.858. The Balaban J connectivity index is 2.10.